The van der Waals surface area contributed by atoms with E-state index in [1.807, 2.05) is 11.8 Å². The number of nitro groups is 1. The minimum Gasteiger partial charge on any atom is -0.364 e. The van der Waals surface area contributed by atoms with Gasteiger partial charge in [0.05, 0.1) is 17.2 Å². The molecular formula is C18H24N6O5S. The first-order valence-corrected chi connectivity index (χ1v) is 11.1. The molecule has 11 nitrogen and oxygen atoms in total. The number of sulfonamides is 1. The summed E-state index contributed by atoms with van der Waals surface area (Å²) in [5.41, 5.74) is 1.14. The van der Waals surface area contributed by atoms with Crippen LogP contribution >= 0.6 is 0 Å². The largest absolute Gasteiger partial charge is 0.364 e. The van der Waals surface area contributed by atoms with Crippen LogP contribution in [0.1, 0.15) is 18.2 Å². The summed E-state index contributed by atoms with van der Waals surface area (Å²) < 4.78 is 31.3. The van der Waals surface area contributed by atoms with Gasteiger partial charge in [-0.15, -0.1) is 0 Å². The Morgan fingerprint density at radius 1 is 1.30 bits per heavy atom. The molecule has 162 valence electrons. The van der Waals surface area contributed by atoms with Gasteiger partial charge in [0, 0.05) is 50.9 Å². The van der Waals surface area contributed by atoms with E-state index in [9.17, 15) is 18.5 Å². The SMILES string of the molecule is CCNC(=NCc1cccc([N+](=O)[O-])c1)N1CCN(S(=O)(=O)Cc2ccon2)CC1. The maximum absolute atomic E-state index is 12.6. The number of hydrogen-bond acceptors (Lipinski definition) is 7. The van der Waals surface area contributed by atoms with Crippen LogP contribution in [0.5, 0.6) is 0 Å². The number of nitrogens with zero attached hydrogens (tertiary/aromatic N) is 5. The third kappa shape index (κ3) is 5.54. The topological polar surface area (TPSA) is 134 Å². The van der Waals surface area contributed by atoms with Gasteiger partial charge in [-0.25, -0.2) is 13.4 Å². The molecular weight excluding hydrogens is 412 g/mol. The van der Waals surface area contributed by atoms with Gasteiger partial charge in [0.25, 0.3) is 5.69 Å². The average molecular weight is 436 g/mol. The van der Waals surface area contributed by atoms with Gasteiger partial charge in [-0.1, -0.05) is 17.3 Å². The summed E-state index contributed by atoms with van der Waals surface area (Å²) in [5.74, 6) is 0.460. The first-order valence-electron chi connectivity index (χ1n) is 9.52. The molecule has 0 unspecified atom stereocenters. The van der Waals surface area contributed by atoms with Gasteiger partial charge in [0.1, 0.15) is 12.0 Å². The maximum atomic E-state index is 12.6. The lowest BCUT2D eigenvalue weighted by Gasteiger charge is -2.35. The van der Waals surface area contributed by atoms with Crippen molar-refractivity contribution in [1.82, 2.24) is 19.7 Å². The van der Waals surface area contributed by atoms with Gasteiger partial charge < -0.3 is 14.7 Å². The first kappa shape index (κ1) is 21.7. The molecule has 0 aliphatic carbocycles. The van der Waals surface area contributed by atoms with Crippen LogP contribution in [-0.2, 0) is 22.3 Å². The molecule has 1 fully saturated rings. The molecule has 12 heteroatoms. The van der Waals surface area contributed by atoms with Crippen molar-refractivity contribution in [2.75, 3.05) is 32.7 Å². The van der Waals surface area contributed by atoms with E-state index in [0.29, 0.717) is 44.4 Å². The Balaban J connectivity index is 1.63. The van der Waals surface area contributed by atoms with Crippen LogP contribution in [0.3, 0.4) is 0 Å². The molecule has 1 saturated heterocycles. The van der Waals surface area contributed by atoms with Gasteiger partial charge in [0.15, 0.2) is 5.96 Å². The van der Waals surface area contributed by atoms with Gasteiger partial charge in [0.2, 0.25) is 10.0 Å². The highest BCUT2D eigenvalue weighted by Crippen LogP contribution is 2.15. The molecule has 0 amide bonds. The highest BCUT2D eigenvalue weighted by molar-refractivity contribution is 7.88. The van der Waals surface area contributed by atoms with Gasteiger partial charge in [-0.05, 0) is 12.5 Å². The van der Waals surface area contributed by atoms with Crippen LogP contribution in [0, 0.1) is 10.1 Å². The monoisotopic (exact) mass is 436 g/mol. The molecule has 1 aromatic carbocycles. The molecule has 0 radical (unpaired) electrons. The standard InChI is InChI=1S/C18H24N6O5S/c1-2-19-18(20-13-15-4-3-5-17(12-15)24(25)26)22-7-9-23(10-8-22)30(27,28)14-16-6-11-29-21-16/h3-6,11-12H,2,7-10,13-14H2,1H3,(H,19,20). The van der Waals surface area contributed by atoms with Crippen molar-refractivity contribution >= 4 is 21.7 Å². The number of piperazine rings is 1. The fraction of sp³-hybridized carbons (Fsp3) is 0.444. The van der Waals surface area contributed by atoms with E-state index in [1.165, 1.54) is 28.8 Å². The maximum Gasteiger partial charge on any atom is 0.269 e. The molecule has 0 saturated carbocycles. The zero-order valence-corrected chi connectivity index (χ0v) is 17.4. The molecule has 0 bridgehead atoms. The third-order valence-corrected chi connectivity index (χ3v) is 6.43. The number of benzene rings is 1. The summed E-state index contributed by atoms with van der Waals surface area (Å²) >= 11 is 0. The van der Waals surface area contributed by atoms with Crippen molar-refractivity contribution in [3.63, 3.8) is 0 Å². The van der Waals surface area contributed by atoms with Gasteiger partial charge in [-0.2, -0.15) is 4.31 Å². The van der Waals surface area contributed by atoms with E-state index in [-0.39, 0.29) is 18.0 Å². The minimum absolute atomic E-state index is 0.0265. The summed E-state index contributed by atoms with van der Waals surface area (Å²) in [5, 5.41) is 17.8. The summed E-state index contributed by atoms with van der Waals surface area (Å²) in [6.07, 6.45) is 1.35. The zero-order valence-electron chi connectivity index (χ0n) is 16.6. The van der Waals surface area contributed by atoms with Gasteiger partial charge >= 0.3 is 0 Å². The number of aliphatic imine (C=N–C) groups is 1. The highest BCUT2D eigenvalue weighted by Gasteiger charge is 2.29. The Morgan fingerprint density at radius 2 is 2.07 bits per heavy atom. The number of hydrogen-bond donors (Lipinski definition) is 1. The fourth-order valence-electron chi connectivity index (χ4n) is 3.13. The molecule has 30 heavy (non-hydrogen) atoms. The summed E-state index contributed by atoms with van der Waals surface area (Å²) in [6.45, 7) is 4.52. The van der Waals surface area contributed by atoms with Gasteiger partial charge in [-0.3, -0.25) is 10.1 Å². The van der Waals surface area contributed by atoms with Crippen molar-refractivity contribution in [3.8, 4) is 0 Å². The van der Waals surface area contributed by atoms with Crippen molar-refractivity contribution in [2.24, 2.45) is 4.99 Å². The van der Waals surface area contributed by atoms with Crippen LogP contribution < -0.4 is 5.32 Å². The molecule has 1 aliphatic rings. The number of guanidine groups is 1. The Hall–Kier alpha value is -2.99. The van der Waals surface area contributed by atoms with Crippen LogP contribution in [0.15, 0.2) is 46.1 Å². The smallest absolute Gasteiger partial charge is 0.269 e. The summed E-state index contributed by atoms with van der Waals surface area (Å²) in [6, 6.07) is 7.90. The molecule has 1 aliphatic heterocycles. The molecule has 3 rings (SSSR count). The Morgan fingerprint density at radius 3 is 2.70 bits per heavy atom. The second-order valence-electron chi connectivity index (χ2n) is 6.73. The van der Waals surface area contributed by atoms with Crippen LogP contribution in [-0.4, -0.2) is 66.4 Å². The van der Waals surface area contributed by atoms with E-state index in [0.717, 1.165) is 5.56 Å². The summed E-state index contributed by atoms with van der Waals surface area (Å²) in [4.78, 5) is 17.1. The van der Waals surface area contributed by atoms with E-state index >= 15 is 0 Å². The number of nitrogens with one attached hydrogen (secondary N) is 1. The van der Waals surface area contributed by atoms with Crippen LogP contribution in [0.4, 0.5) is 5.69 Å². The molecule has 2 aromatic rings. The Bertz CT molecular complexity index is 984. The van der Waals surface area contributed by atoms with E-state index < -0.39 is 14.9 Å². The number of aromatic nitrogens is 1. The first-order chi connectivity index (χ1) is 14.4. The lowest BCUT2D eigenvalue weighted by Crippen LogP contribution is -2.53. The average Bonchev–Trinajstić information content (AvgIpc) is 3.24. The predicted molar refractivity (Wildman–Crippen MR) is 110 cm³/mol. The molecule has 2 heterocycles. The third-order valence-electron chi connectivity index (χ3n) is 4.62. The predicted octanol–water partition coefficient (Wildman–Crippen LogP) is 1.20. The van der Waals surface area contributed by atoms with Crippen molar-refractivity contribution in [1.29, 1.82) is 0 Å². The van der Waals surface area contributed by atoms with E-state index in [1.54, 1.807) is 12.1 Å². The number of non-ortho nitro benzene ring substituents is 1. The normalized spacial score (nSPS) is 15.9. The van der Waals surface area contributed by atoms with Crippen molar-refractivity contribution in [3.05, 3.63) is 58.0 Å². The highest BCUT2D eigenvalue weighted by atomic mass is 32.2. The second-order valence-corrected chi connectivity index (χ2v) is 8.70. The number of rotatable bonds is 7. The van der Waals surface area contributed by atoms with E-state index in [4.69, 9.17) is 4.52 Å². The van der Waals surface area contributed by atoms with Crippen LogP contribution in [0.2, 0.25) is 0 Å². The Labute approximate surface area is 174 Å². The Kier molecular flexibility index (Phi) is 7.00. The molecule has 0 spiro atoms. The molecule has 1 aromatic heterocycles. The lowest BCUT2D eigenvalue weighted by atomic mass is 10.2. The molecule has 0 atom stereocenters. The quantitative estimate of drug-likeness (QED) is 0.296. The zero-order chi connectivity index (χ0) is 21.6. The van der Waals surface area contributed by atoms with E-state index in [2.05, 4.69) is 15.5 Å². The molecule has 1 N–H and O–H groups in total. The van der Waals surface area contributed by atoms with Crippen molar-refractivity contribution < 1.29 is 17.9 Å². The van der Waals surface area contributed by atoms with Crippen LogP contribution in [0.25, 0.3) is 0 Å². The summed E-state index contributed by atoms with van der Waals surface area (Å²) in [7, 11) is -3.48. The second kappa shape index (κ2) is 9.67. The lowest BCUT2D eigenvalue weighted by molar-refractivity contribution is -0.384. The minimum atomic E-state index is -3.48. The van der Waals surface area contributed by atoms with Crippen molar-refractivity contribution in [2.45, 2.75) is 19.2 Å². The fourth-order valence-corrected chi connectivity index (χ4v) is 4.55. The number of nitro benzene ring substituents is 1.